The van der Waals surface area contributed by atoms with E-state index in [1.807, 2.05) is 30.3 Å². The second kappa shape index (κ2) is 7.33. The van der Waals surface area contributed by atoms with Crippen LogP contribution in [0.1, 0.15) is 25.1 Å². The zero-order valence-corrected chi connectivity index (χ0v) is 14.7. The SMILES string of the molecule is CN(C)C(=O)CC1(O)CCCN(Cc2noc(-c3ccccc3)n2)C1. The number of hydrogen-bond acceptors (Lipinski definition) is 6. The van der Waals surface area contributed by atoms with Crippen molar-refractivity contribution in [3.8, 4) is 11.5 Å². The van der Waals surface area contributed by atoms with Crippen molar-refractivity contribution < 1.29 is 14.4 Å². The molecular weight excluding hydrogens is 320 g/mol. The lowest BCUT2D eigenvalue weighted by Crippen LogP contribution is -2.50. The van der Waals surface area contributed by atoms with E-state index < -0.39 is 5.60 Å². The monoisotopic (exact) mass is 344 g/mol. The zero-order valence-electron chi connectivity index (χ0n) is 14.7. The van der Waals surface area contributed by atoms with Gasteiger partial charge in [-0.15, -0.1) is 0 Å². The van der Waals surface area contributed by atoms with Gasteiger partial charge in [0.25, 0.3) is 5.89 Å². The van der Waals surface area contributed by atoms with Gasteiger partial charge in [-0.3, -0.25) is 9.69 Å². The van der Waals surface area contributed by atoms with E-state index in [2.05, 4.69) is 15.0 Å². The number of aliphatic hydroxyl groups is 1. The first-order chi connectivity index (χ1) is 12.0. The number of carbonyl (C=O) groups is 1. The molecule has 25 heavy (non-hydrogen) atoms. The summed E-state index contributed by atoms with van der Waals surface area (Å²) in [6, 6.07) is 9.62. The van der Waals surface area contributed by atoms with Crippen molar-refractivity contribution in [3.05, 3.63) is 36.2 Å². The Labute approximate surface area is 147 Å². The zero-order chi connectivity index (χ0) is 17.9. The van der Waals surface area contributed by atoms with Crippen molar-refractivity contribution in [2.24, 2.45) is 0 Å². The van der Waals surface area contributed by atoms with Crippen LogP contribution in [-0.2, 0) is 11.3 Å². The summed E-state index contributed by atoms with van der Waals surface area (Å²) >= 11 is 0. The summed E-state index contributed by atoms with van der Waals surface area (Å²) < 4.78 is 5.33. The van der Waals surface area contributed by atoms with Crippen LogP contribution in [0.5, 0.6) is 0 Å². The van der Waals surface area contributed by atoms with Gasteiger partial charge < -0.3 is 14.5 Å². The summed E-state index contributed by atoms with van der Waals surface area (Å²) in [7, 11) is 3.41. The summed E-state index contributed by atoms with van der Waals surface area (Å²) in [5.74, 6) is 1.02. The third kappa shape index (κ3) is 4.43. The Bertz CT molecular complexity index is 716. The van der Waals surface area contributed by atoms with Crippen LogP contribution in [0.2, 0.25) is 0 Å². The van der Waals surface area contributed by atoms with Crippen LogP contribution in [0.3, 0.4) is 0 Å². The number of β-amino-alcohol motifs (C(OH)–C–C–N with tert-alkyl or cyclic N) is 1. The Morgan fingerprint density at radius 2 is 2.12 bits per heavy atom. The Morgan fingerprint density at radius 1 is 1.36 bits per heavy atom. The van der Waals surface area contributed by atoms with Gasteiger partial charge in [-0.05, 0) is 31.5 Å². The average Bonchev–Trinajstić information content (AvgIpc) is 3.03. The topological polar surface area (TPSA) is 82.7 Å². The Morgan fingerprint density at radius 3 is 2.84 bits per heavy atom. The molecule has 3 rings (SSSR count). The smallest absolute Gasteiger partial charge is 0.257 e. The first-order valence-corrected chi connectivity index (χ1v) is 8.48. The molecule has 1 aliphatic heterocycles. The van der Waals surface area contributed by atoms with Crippen LogP contribution < -0.4 is 0 Å². The highest BCUT2D eigenvalue weighted by Gasteiger charge is 2.36. The molecule has 1 N–H and O–H groups in total. The lowest BCUT2D eigenvalue weighted by Gasteiger charge is -2.38. The first-order valence-electron chi connectivity index (χ1n) is 8.48. The molecule has 0 aliphatic carbocycles. The van der Waals surface area contributed by atoms with Crippen molar-refractivity contribution in [3.63, 3.8) is 0 Å². The first kappa shape index (κ1) is 17.6. The summed E-state index contributed by atoms with van der Waals surface area (Å²) in [6.45, 7) is 1.77. The van der Waals surface area contributed by atoms with E-state index in [4.69, 9.17) is 4.52 Å². The molecule has 0 spiro atoms. The minimum atomic E-state index is -0.994. The van der Waals surface area contributed by atoms with Crippen molar-refractivity contribution >= 4 is 5.91 Å². The Balaban J connectivity index is 1.63. The lowest BCUT2D eigenvalue weighted by atomic mass is 9.89. The fourth-order valence-electron chi connectivity index (χ4n) is 3.14. The molecule has 1 unspecified atom stereocenters. The van der Waals surface area contributed by atoms with E-state index in [0.717, 1.165) is 18.5 Å². The number of carbonyl (C=O) groups excluding carboxylic acids is 1. The highest BCUT2D eigenvalue weighted by atomic mass is 16.5. The minimum absolute atomic E-state index is 0.0599. The highest BCUT2D eigenvalue weighted by molar-refractivity contribution is 5.76. The van der Waals surface area contributed by atoms with Crippen LogP contribution in [0, 0.1) is 0 Å². The molecule has 0 saturated carbocycles. The van der Waals surface area contributed by atoms with Gasteiger partial charge in [0, 0.05) is 26.2 Å². The number of aromatic nitrogens is 2. The van der Waals surface area contributed by atoms with E-state index in [1.54, 1.807) is 14.1 Å². The lowest BCUT2D eigenvalue weighted by molar-refractivity contribution is -0.136. The third-order valence-electron chi connectivity index (χ3n) is 4.47. The largest absolute Gasteiger partial charge is 0.388 e. The average molecular weight is 344 g/mol. The second-order valence-corrected chi connectivity index (χ2v) is 6.89. The van der Waals surface area contributed by atoms with Gasteiger partial charge in [-0.1, -0.05) is 23.4 Å². The summed E-state index contributed by atoms with van der Waals surface area (Å²) in [4.78, 5) is 20.0. The van der Waals surface area contributed by atoms with E-state index in [1.165, 1.54) is 4.90 Å². The molecule has 2 heterocycles. The molecule has 1 aromatic carbocycles. The maximum absolute atomic E-state index is 11.9. The molecule has 1 saturated heterocycles. The van der Waals surface area contributed by atoms with Crippen LogP contribution in [0.4, 0.5) is 0 Å². The van der Waals surface area contributed by atoms with Gasteiger partial charge >= 0.3 is 0 Å². The molecule has 1 atom stereocenters. The predicted molar refractivity (Wildman–Crippen MR) is 92.5 cm³/mol. The number of amides is 1. The molecule has 0 radical (unpaired) electrons. The standard InChI is InChI=1S/C18H24N4O3/c1-21(2)16(23)11-18(24)9-6-10-22(13-18)12-15-19-17(25-20-15)14-7-4-3-5-8-14/h3-5,7-8,24H,6,9-13H2,1-2H3. The fourth-order valence-corrected chi connectivity index (χ4v) is 3.14. The van der Waals surface area contributed by atoms with E-state index in [9.17, 15) is 9.90 Å². The Hall–Kier alpha value is -2.25. The number of rotatable bonds is 5. The van der Waals surface area contributed by atoms with Crippen LogP contribution >= 0.6 is 0 Å². The third-order valence-corrected chi connectivity index (χ3v) is 4.47. The van der Waals surface area contributed by atoms with E-state index in [0.29, 0.717) is 31.2 Å². The van der Waals surface area contributed by atoms with Crippen molar-refractivity contribution in [1.82, 2.24) is 19.9 Å². The second-order valence-electron chi connectivity index (χ2n) is 6.89. The molecule has 7 heteroatoms. The van der Waals surface area contributed by atoms with Crippen molar-refractivity contribution in [2.45, 2.75) is 31.4 Å². The molecule has 134 valence electrons. The van der Waals surface area contributed by atoms with Gasteiger partial charge in [0.1, 0.15) is 0 Å². The molecule has 1 aliphatic rings. The normalized spacial score (nSPS) is 21.2. The minimum Gasteiger partial charge on any atom is -0.388 e. The fraction of sp³-hybridized carbons (Fsp3) is 0.500. The van der Waals surface area contributed by atoms with Crippen LogP contribution in [0.25, 0.3) is 11.5 Å². The maximum atomic E-state index is 11.9. The number of nitrogens with zero attached hydrogens (tertiary/aromatic N) is 4. The quantitative estimate of drug-likeness (QED) is 0.886. The summed E-state index contributed by atoms with van der Waals surface area (Å²) in [5.41, 5.74) is -0.112. The van der Waals surface area contributed by atoms with Crippen molar-refractivity contribution in [2.75, 3.05) is 27.2 Å². The molecule has 1 fully saturated rings. The van der Waals surface area contributed by atoms with Crippen LogP contribution in [-0.4, -0.2) is 63.7 Å². The Kier molecular flexibility index (Phi) is 5.15. The van der Waals surface area contributed by atoms with Gasteiger partial charge in [0.2, 0.25) is 5.91 Å². The molecule has 7 nitrogen and oxygen atoms in total. The van der Waals surface area contributed by atoms with Gasteiger partial charge in [-0.25, -0.2) is 0 Å². The summed E-state index contributed by atoms with van der Waals surface area (Å²) in [6.07, 6.45) is 1.60. The highest BCUT2D eigenvalue weighted by Crippen LogP contribution is 2.26. The van der Waals surface area contributed by atoms with E-state index in [-0.39, 0.29) is 12.3 Å². The number of likely N-dealkylation sites (tertiary alicyclic amines) is 1. The molecular formula is C18H24N4O3. The van der Waals surface area contributed by atoms with Gasteiger partial charge in [0.05, 0.1) is 18.6 Å². The maximum Gasteiger partial charge on any atom is 0.257 e. The molecule has 2 aromatic rings. The van der Waals surface area contributed by atoms with Crippen molar-refractivity contribution in [1.29, 1.82) is 0 Å². The van der Waals surface area contributed by atoms with Gasteiger partial charge in [0.15, 0.2) is 5.82 Å². The predicted octanol–water partition coefficient (Wildman–Crippen LogP) is 1.54. The van der Waals surface area contributed by atoms with Crippen LogP contribution in [0.15, 0.2) is 34.9 Å². The molecule has 1 amide bonds. The molecule has 0 bridgehead atoms. The van der Waals surface area contributed by atoms with Gasteiger partial charge in [-0.2, -0.15) is 4.98 Å². The number of benzene rings is 1. The number of piperidine rings is 1. The molecule has 1 aromatic heterocycles. The summed E-state index contributed by atoms with van der Waals surface area (Å²) in [5, 5.41) is 14.8. The number of hydrogen-bond donors (Lipinski definition) is 1. The van der Waals surface area contributed by atoms with E-state index >= 15 is 0 Å².